The van der Waals surface area contributed by atoms with Crippen molar-refractivity contribution < 1.29 is 48.2 Å². The van der Waals surface area contributed by atoms with E-state index in [4.69, 9.17) is 0 Å². The molecule has 6 nitrogen and oxygen atoms in total. The van der Waals surface area contributed by atoms with E-state index < -0.39 is 17.2 Å². The van der Waals surface area contributed by atoms with Crippen molar-refractivity contribution in [1.82, 2.24) is 9.21 Å². The van der Waals surface area contributed by atoms with Crippen molar-refractivity contribution in [3.05, 3.63) is 0 Å². The maximum Gasteiger partial charge on any atom is 1.00 e. The second-order valence-corrected chi connectivity index (χ2v) is 4.38. The van der Waals surface area contributed by atoms with E-state index in [0.29, 0.717) is 13.0 Å². The van der Waals surface area contributed by atoms with Crippen molar-refractivity contribution in [2.75, 3.05) is 33.7 Å². The van der Waals surface area contributed by atoms with Gasteiger partial charge in [0.05, 0.1) is 0 Å². The van der Waals surface area contributed by atoms with Crippen LogP contribution in [0.5, 0.6) is 0 Å². The molecular formula is C8H16N2NaO4S-. The molecule has 0 aliphatic heterocycles. The van der Waals surface area contributed by atoms with Gasteiger partial charge in [-0.05, 0) is 27.1 Å². The summed E-state index contributed by atoms with van der Waals surface area (Å²) in [6.07, 6.45) is 0.407. The Balaban J connectivity index is 0. The number of carboxylic acids is 1. The second-order valence-electron chi connectivity index (χ2n) is 3.42. The summed E-state index contributed by atoms with van der Waals surface area (Å²) in [5, 5.41) is 10.2. The molecule has 0 bridgehead atoms. The second kappa shape index (κ2) is 10.6. The molecule has 1 unspecified atom stereocenters. The van der Waals surface area contributed by atoms with E-state index in [1.807, 2.05) is 19.0 Å². The van der Waals surface area contributed by atoms with E-state index in [-0.39, 0.29) is 42.5 Å². The Kier molecular flexibility index (Phi) is 12.5. The molecule has 0 radical (unpaired) electrons. The van der Waals surface area contributed by atoms with Gasteiger partial charge in [-0.15, -0.1) is 0 Å². The van der Waals surface area contributed by atoms with Gasteiger partial charge in [-0.2, -0.15) is 0 Å². The number of nitrogens with zero attached hydrogens (tertiary/aromatic N) is 2. The summed E-state index contributed by atoms with van der Waals surface area (Å²) >= 11 is -2.36. The van der Waals surface area contributed by atoms with Crippen LogP contribution in [0.1, 0.15) is 12.8 Å². The van der Waals surface area contributed by atoms with Gasteiger partial charge in [0.15, 0.2) is 0 Å². The molecule has 0 saturated heterocycles. The summed E-state index contributed by atoms with van der Waals surface area (Å²) in [7, 11) is 3.78. The maximum atomic E-state index is 10.7. The van der Waals surface area contributed by atoms with Gasteiger partial charge in [0.25, 0.3) is 0 Å². The molecule has 0 fully saturated rings. The monoisotopic (exact) mass is 259 g/mol. The average Bonchev–Trinajstić information content (AvgIpc) is 2.09. The van der Waals surface area contributed by atoms with Crippen LogP contribution in [0.3, 0.4) is 0 Å². The molecule has 0 aliphatic carbocycles. The number of rotatable bonds is 8. The first kappa shape index (κ1) is 18.9. The van der Waals surface area contributed by atoms with Crippen LogP contribution < -0.4 is 34.7 Å². The van der Waals surface area contributed by atoms with E-state index in [1.54, 1.807) is 0 Å². The number of carboxylic acid groups (broad SMARTS) is 1. The molecule has 16 heavy (non-hydrogen) atoms. The molecule has 0 rings (SSSR count). The van der Waals surface area contributed by atoms with Crippen LogP contribution in [0.2, 0.25) is 0 Å². The quantitative estimate of drug-likeness (QED) is 0.322. The fourth-order valence-corrected chi connectivity index (χ4v) is 1.56. The molecule has 0 spiro atoms. The summed E-state index contributed by atoms with van der Waals surface area (Å²) in [6.45, 7) is 1.08. The van der Waals surface area contributed by atoms with Crippen LogP contribution in [0, 0.1) is 0 Å². The molecule has 1 atom stereocenters. The third kappa shape index (κ3) is 11.0. The normalized spacial score (nSPS) is 12.6. The number of hydrogen-bond acceptors (Lipinski definition) is 5. The fourth-order valence-electron chi connectivity index (χ4n) is 1.04. The Morgan fingerprint density at radius 3 is 2.19 bits per heavy atom. The molecule has 0 aliphatic rings. The molecule has 0 heterocycles. The fraction of sp³-hybridized carbons (Fsp3) is 0.875. The first-order valence-corrected chi connectivity index (χ1v) is 5.65. The number of carbonyl (C=O) groups excluding carboxylic acids is 1. The third-order valence-corrected chi connectivity index (χ3v) is 2.58. The molecule has 0 amide bonds. The Bertz CT molecular complexity index is 228. The van der Waals surface area contributed by atoms with Gasteiger partial charge in [-0.25, -0.2) is 4.31 Å². The van der Waals surface area contributed by atoms with Crippen molar-refractivity contribution in [3.8, 4) is 0 Å². The smallest absolute Gasteiger partial charge is 0.760 e. The first-order chi connectivity index (χ1) is 6.93. The zero-order valence-corrected chi connectivity index (χ0v) is 12.8. The average molecular weight is 259 g/mol. The van der Waals surface area contributed by atoms with Crippen molar-refractivity contribution in [2.24, 2.45) is 0 Å². The van der Waals surface area contributed by atoms with Crippen molar-refractivity contribution >= 4 is 17.2 Å². The van der Waals surface area contributed by atoms with Gasteiger partial charge in [0.2, 0.25) is 0 Å². The molecule has 8 heteroatoms. The summed E-state index contributed by atoms with van der Waals surface area (Å²) < 4.78 is 22.5. The zero-order chi connectivity index (χ0) is 11.8. The van der Waals surface area contributed by atoms with E-state index in [2.05, 4.69) is 0 Å². The predicted octanol–water partition coefficient (Wildman–Crippen LogP) is -4.82. The topological polar surface area (TPSA) is 86.7 Å². The Morgan fingerprint density at radius 1 is 1.25 bits per heavy atom. The van der Waals surface area contributed by atoms with Crippen LogP contribution >= 0.6 is 0 Å². The molecule has 0 aromatic heterocycles. The number of hydrogen-bond donors (Lipinski definition) is 0. The van der Waals surface area contributed by atoms with Crippen LogP contribution in [-0.4, -0.2) is 57.7 Å². The summed E-state index contributed by atoms with van der Waals surface area (Å²) in [5.41, 5.74) is 0. The van der Waals surface area contributed by atoms with Gasteiger partial charge in [0.1, 0.15) is 0 Å². The number of carbonyl (C=O) groups is 1. The maximum absolute atomic E-state index is 10.7. The van der Waals surface area contributed by atoms with Crippen molar-refractivity contribution in [2.45, 2.75) is 12.8 Å². The van der Waals surface area contributed by atoms with Gasteiger partial charge < -0.3 is 19.4 Å². The Morgan fingerprint density at radius 2 is 1.81 bits per heavy atom. The predicted molar refractivity (Wildman–Crippen MR) is 53.3 cm³/mol. The minimum Gasteiger partial charge on any atom is -0.760 e. The van der Waals surface area contributed by atoms with Gasteiger partial charge >= 0.3 is 29.6 Å². The van der Waals surface area contributed by atoms with Crippen LogP contribution in [-0.2, 0) is 16.1 Å². The molecule has 0 N–H and O–H groups in total. The Hall–Kier alpha value is 0.500. The number of aliphatic carboxylic acids is 1. The minimum absolute atomic E-state index is 0. The van der Waals surface area contributed by atoms with Crippen molar-refractivity contribution in [3.63, 3.8) is 0 Å². The molecule has 0 aromatic carbocycles. The van der Waals surface area contributed by atoms with E-state index in [0.717, 1.165) is 10.8 Å². The van der Waals surface area contributed by atoms with Crippen LogP contribution in [0.15, 0.2) is 0 Å². The first-order valence-electron chi connectivity index (χ1n) is 4.62. The summed E-state index contributed by atoms with van der Waals surface area (Å²) in [5.74, 6) is -1.24. The minimum atomic E-state index is -2.36. The van der Waals surface area contributed by atoms with Crippen LogP contribution in [0.25, 0.3) is 0 Å². The Labute approximate surface area is 121 Å². The largest absolute Gasteiger partial charge is 1.00 e. The summed E-state index contributed by atoms with van der Waals surface area (Å²) in [4.78, 5) is 12.1. The standard InChI is InChI=1S/C8H18N2O4S.Na/c1-9(2)5-3-6-10(15(13)14)7-4-8(11)12;/h3-7H2,1-2H3,(H,11,12)(H,13,14);/q;+1/p-2. The van der Waals surface area contributed by atoms with Gasteiger partial charge in [-0.3, -0.25) is 4.21 Å². The van der Waals surface area contributed by atoms with E-state index in [1.165, 1.54) is 0 Å². The zero-order valence-electron chi connectivity index (χ0n) is 9.97. The molecular weight excluding hydrogens is 243 g/mol. The van der Waals surface area contributed by atoms with E-state index >= 15 is 0 Å². The molecule has 90 valence electrons. The molecule has 0 aromatic rings. The van der Waals surface area contributed by atoms with Gasteiger partial charge in [0, 0.05) is 36.7 Å². The third-order valence-electron chi connectivity index (χ3n) is 1.79. The van der Waals surface area contributed by atoms with Gasteiger partial charge in [-0.1, -0.05) is 0 Å². The van der Waals surface area contributed by atoms with E-state index in [9.17, 15) is 18.7 Å². The van der Waals surface area contributed by atoms with Crippen molar-refractivity contribution in [1.29, 1.82) is 0 Å². The molecule has 0 saturated carbocycles. The SMILES string of the molecule is CN(C)CCCN(CCC(=O)[O-])S(=O)[O-].[Na+]. The van der Waals surface area contributed by atoms with Crippen LogP contribution in [0.4, 0.5) is 0 Å². The summed E-state index contributed by atoms with van der Waals surface area (Å²) in [6, 6.07) is 0.